The van der Waals surface area contributed by atoms with E-state index in [1.807, 2.05) is 0 Å². The molecule has 176 valence electrons. The van der Waals surface area contributed by atoms with Gasteiger partial charge in [-0.1, -0.05) is 0 Å². The van der Waals surface area contributed by atoms with E-state index < -0.39 is 24.6 Å². The van der Waals surface area contributed by atoms with E-state index in [-0.39, 0.29) is 52.5 Å². The van der Waals surface area contributed by atoms with Crippen molar-refractivity contribution in [2.75, 3.05) is 23.8 Å². The summed E-state index contributed by atoms with van der Waals surface area (Å²) in [7, 11) is 1.53. The van der Waals surface area contributed by atoms with Crippen molar-refractivity contribution >= 4 is 23.2 Å². The van der Waals surface area contributed by atoms with Crippen molar-refractivity contribution in [3.05, 3.63) is 52.6 Å². The maximum atomic E-state index is 15.0. The Morgan fingerprint density at radius 1 is 1.18 bits per heavy atom. The van der Waals surface area contributed by atoms with Crippen LogP contribution in [0.1, 0.15) is 29.4 Å². The van der Waals surface area contributed by atoms with Crippen molar-refractivity contribution in [2.45, 2.75) is 25.2 Å². The summed E-state index contributed by atoms with van der Waals surface area (Å²) < 4.78 is 58.4. The number of alkyl halides is 2. The highest BCUT2D eigenvalue weighted by molar-refractivity contribution is 5.97. The number of amides is 1. The number of carbonyl (C=O) groups excluding carboxylic acids is 1. The number of nitrogens with zero attached hydrogens (tertiary/aromatic N) is 2. The number of aliphatic imine (C=N–C) groups is 1. The molecule has 0 aliphatic carbocycles. The first-order valence-corrected chi connectivity index (χ1v) is 10.4. The first-order chi connectivity index (χ1) is 16.3. The second-order valence-corrected chi connectivity index (χ2v) is 8.10. The second-order valence-electron chi connectivity index (χ2n) is 8.10. The van der Waals surface area contributed by atoms with E-state index in [4.69, 9.17) is 19.9 Å². The van der Waals surface area contributed by atoms with E-state index >= 15 is 4.39 Å². The third kappa shape index (κ3) is 2.94. The van der Waals surface area contributed by atoms with Crippen molar-refractivity contribution in [3.63, 3.8) is 0 Å². The summed E-state index contributed by atoms with van der Waals surface area (Å²) in [5.41, 5.74) is 7.77. The highest BCUT2D eigenvalue weighted by Gasteiger charge is 2.44. The van der Waals surface area contributed by atoms with Gasteiger partial charge in [0.05, 0.1) is 17.8 Å². The Balaban J connectivity index is 1.24. The third-order valence-electron chi connectivity index (χ3n) is 6.10. The monoisotopic (exact) mass is 473 g/mol. The van der Waals surface area contributed by atoms with E-state index in [2.05, 4.69) is 15.6 Å². The molecule has 5 aliphatic heterocycles. The van der Waals surface area contributed by atoms with Crippen LogP contribution in [-0.2, 0) is 11.2 Å². The van der Waals surface area contributed by atoms with Gasteiger partial charge in [-0.25, -0.2) is 4.39 Å². The molecule has 3 atom stereocenters. The van der Waals surface area contributed by atoms with Crippen molar-refractivity contribution in [2.24, 2.45) is 10.7 Å². The molecule has 34 heavy (non-hydrogen) atoms. The molecule has 2 aromatic rings. The lowest BCUT2D eigenvalue weighted by atomic mass is 9.97. The Hall–Kier alpha value is -4.09. The van der Waals surface area contributed by atoms with Crippen LogP contribution in [0.25, 0.3) is 0 Å². The number of hydrogen-bond donors (Lipinski definition) is 3. The van der Waals surface area contributed by atoms with Crippen LogP contribution in [0, 0.1) is 0 Å². The number of rotatable bonds is 4. The fourth-order valence-electron chi connectivity index (χ4n) is 4.38. The molecule has 0 spiro atoms. The fraction of sp³-hybridized carbons (Fsp3) is 0.273. The summed E-state index contributed by atoms with van der Waals surface area (Å²) in [6.45, 7) is -0.223. The number of nitrogens with one attached hydrogen (secondary N) is 2. The van der Waals surface area contributed by atoms with Crippen LogP contribution in [-0.4, -0.2) is 31.6 Å². The zero-order chi connectivity index (χ0) is 23.7. The van der Waals surface area contributed by atoms with Gasteiger partial charge in [0.15, 0.2) is 29.3 Å². The van der Waals surface area contributed by atoms with Crippen LogP contribution >= 0.6 is 0 Å². The van der Waals surface area contributed by atoms with E-state index in [1.165, 1.54) is 18.0 Å². The molecule has 5 aliphatic rings. The lowest BCUT2D eigenvalue weighted by Crippen LogP contribution is -2.41. The zero-order valence-corrected chi connectivity index (χ0v) is 17.7. The van der Waals surface area contributed by atoms with Crippen LogP contribution in [0.15, 0.2) is 40.9 Å². The summed E-state index contributed by atoms with van der Waals surface area (Å²) in [4.78, 5) is 17.5. The van der Waals surface area contributed by atoms with Crippen molar-refractivity contribution in [3.8, 4) is 17.2 Å². The SMILES string of the molecule is CNC(=O)C1Cc2cc(N3CC(F)=C(Nc4cc5c6c(c4OC5F)OC6F)N=C3N)ccc2O1. The zero-order valence-electron chi connectivity index (χ0n) is 17.7. The lowest BCUT2D eigenvalue weighted by molar-refractivity contribution is -0.126. The molecule has 7 rings (SSSR count). The summed E-state index contributed by atoms with van der Waals surface area (Å²) in [5, 5.41) is 5.30. The fourth-order valence-corrected chi connectivity index (χ4v) is 4.38. The first kappa shape index (κ1) is 20.5. The smallest absolute Gasteiger partial charge is 0.268 e. The van der Waals surface area contributed by atoms with Crippen molar-refractivity contribution in [1.82, 2.24) is 5.32 Å². The molecular formula is C22H18F3N5O4. The normalized spacial score (nSPS) is 23.7. The maximum absolute atomic E-state index is 15.0. The minimum atomic E-state index is -1.82. The van der Waals surface area contributed by atoms with Crippen molar-refractivity contribution in [1.29, 1.82) is 0 Å². The Labute approximate surface area is 191 Å². The lowest BCUT2D eigenvalue weighted by Gasteiger charge is -2.36. The van der Waals surface area contributed by atoms with Crippen molar-refractivity contribution < 1.29 is 32.2 Å². The number of halogens is 3. The van der Waals surface area contributed by atoms with Gasteiger partial charge in [0.25, 0.3) is 18.6 Å². The molecule has 0 saturated heterocycles. The second kappa shape index (κ2) is 7.20. The van der Waals surface area contributed by atoms with E-state index in [0.717, 1.165) is 5.56 Å². The quantitative estimate of drug-likeness (QED) is 0.626. The van der Waals surface area contributed by atoms with Gasteiger partial charge in [-0.05, 0) is 24.3 Å². The van der Waals surface area contributed by atoms with E-state index in [9.17, 15) is 13.6 Å². The molecular weight excluding hydrogens is 455 g/mol. The number of fused-ring (bicyclic) bond motifs is 3. The Morgan fingerprint density at radius 3 is 2.74 bits per heavy atom. The van der Waals surface area contributed by atoms with Gasteiger partial charge in [0, 0.05) is 30.3 Å². The van der Waals surface area contributed by atoms with Crippen LogP contribution in [0.3, 0.4) is 0 Å². The Morgan fingerprint density at radius 2 is 1.97 bits per heavy atom. The van der Waals surface area contributed by atoms with E-state index in [0.29, 0.717) is 17.9 Å². The van der Waals surface area contributed by atoms with Gasteiger partial charge in [-0.15, -0.1) is 0 Å². The first-order valence-electron chi connectivity index (χ1n) is 10.4. The largest absolute Gasteiger partial charge is 0.480 e. The summed E-state index contributed by atoms with van der Waals surface area (Å²) in [6.07, 6.45) is -3.78. The minimum Gasteiger partial charge on any atom is -0.480 e. The molecule has 4 N–H and O–H groups in total. The van der Waals surface area contributed by atoms with Crippen LogP contribution < -0.4 is 35.5 Å². The van der Waals surface area contributed by atoms with Gasteiger partial charge in [-0.3, -0.25) is 4.79 Å². The number of benzene rings is 2. The molecule has 0 fully saturated rings. The summed E-state index contributed by atoms with van der Waals surface area (Å²) in [5.74, 6) is -0.417. The number of anilines is 2. The van der Waals surface area contributed by atoms with Gasteiger partial charge in [-0.2, -0.15) is 13.8 Å². The molecule has 0 radical (unpaired) electrons. The summed E-state index contributed by atoms with van der Waals surface area (Å²) in [6, 6.07) is 6.50. The Kier molecular flexibility index (Phi) is 4.35. The van der Waals surface area contributed by atoms with Gasteiger partial charge < -0.3 is 35.5 Å². The Bertz CT molecular complexity index is 1310. The number of guanidine groups is 1. The molecule has 0 saturated carbocycles. The molecule has 0 aromatic heterocycles. The topological polar surface area (TPSA) is 110 Å². The minimum absolute atomic E-state index is 0.0118. The number of likely N-dealkylation sites (N-methyl/N-ethyl adjacent to an activating group) is 1. The number of carbonyl (C=O) groups is 1. The molecule has 9 nitrogen and oxygen atoms in total. The molecule has 12 heteroatoms. The summed E-state index contributed by atoms with van der Waals surface area (Å²) >= 11 is 0. The number of hydrogen-bond acceptors (Lipinski definition) is 8. The van der Waals surface area contributed by atoms with E-state index in [1.54, 1.807) is 18.2 Å². The third-order valence-corrected chi connectivity index (χ3v) is 6.10. The van der Waals surface area contributed by atoms with Crippen LogP contribution in [0.4, 0.5) is 24.5 Å². The van der Waals surface area contributed by atoms with Crippen LogP contribution in [0.2, 0.25) is 0 Å². The molecule has 1 amide bonds. The number of ether oxygens (including phenoxy) is 3. The molecule has 3 unspecified atom stereocenters. The highest BCUT2D eigenvalue weighted by Crippen LogP contribution is 2.58. The molecule has 5 heterocycles. The van der Waals surface area contributed by atoms with Gasteiger partial charge in [0.1, 0.15) is 5.75 Å². The van der Waals surface area contributed by atoms with Gasteiger partial charge in [0.2, 0.25) is 5.96 Å². The average Bonchev–Trinajstić information content (AvgIpc) is 3.24. The average molecular weight is 473 g/mol. The maximum Gasteiger partial charge on any atom is 0.268 e. The van der Waals surface area contributed by atoms with Crippen LogP contribution in [0.5, 0.6) is 17.2 Å². The standard InChI is InChI=1S/C22H18F3N5O4/c1-27-21(31)14-5-8-4-9(2-3-13(8)32-14)30-7-11(23)20(29-22(30)26)28-12-6-10-15-17(34-19(15)25)16(12)33-18(10)24/h2-4,6,14,18-19,28H,5,7H2,1H3,(H2,26,29)(H,27,31). The predicted octanol–water partition coefficient (Wildman–Crippen LogP) is 2.84. The number of nitrogens with two attached hydrogens (primary N) is 1. The molecule has 2 aromatic carbocycles. The highest BCUT2D eigenvalue weighted by atomic mass is 19.2. The van der Waals surface area contributed by atoms with Gasteiger partial charge >= 0.3 is 0 Å². The predicted molar refractivity (Wildman–Crippen MR) is 115 cm³/mol. The molecule has 2 bridgehead atoms.